The molecule has 3 aromatic rings. The first-order valence-corrected chi connectivity index (χ1v) is 9.01. The number of pyridine rings is 1. The Morgan fingerprint density at radius 3 is 2.80 bits per heavy atom. The van der Waals surface area contributed by atoms with Gasteiger partial charge < -0.3 is 9.72 Å². The number of carbonyl (C=O) groups is 1. The summed E-state index contributed by atoms with van der Waals surface area (Å²) in [6.45, 7) is 2.83. The zero-order valence-electron chi connectivity index (χ0n) is 14.3. The zero-order chi connectivity index (χ0) is 17.6. The first kappa shape index (κ1) is 17.5. The number of rotatable bonds is 7. The summed E-state index contributed by atoms with van der Waals surface area (Å²) in [6, 6.07) is 13.8. The number of amides is 1. The quantitative estimate of drug-likeness (QED) is 0.637. The second-order valence-electron chi connectivity index (χ2n) is 6.13. The van der Waals surface area contributed by atoms with Crippen LogP contribution in [0.15, 0.2) is 54.9 Å². The van der Waals surface area contributed by atoms with Crippen molar-refractivity contribution in [3.05, 3.63) is 71.1 Å². The molecule has 0 aliphatic carbocycles. The molecule has 2 heterocycles. The predicted octanol–water partition coefficient (Wildman–Crippen LogP) is 4.43. The summed E-state index contributed by atoms with van der Waals surface area (Å²) < 4.78 is 1.97. The Hall–Kier alpha value is -2.33. The molecule has 1 atom stereocenters. The molecule has 4 nitrogen and oxygen atoms in total. The van der Waals surface area contributed by atoms with Crippen LogP contribution in [-0.4, -0.2) is 21.8 Å². The number of fused-ring (bicyclic) bond motifs is 1. The summed E-state index contributed by atoms with van der Waals surface area (Å²) >= 11 is 6.16. The van der Waals surface area contributed by atoms with E-state index in [-0.39, 0.29) is 11.8 Å². The van der Waals surface area contributed by atoms with Crippen LogP contribution < -0.4 is 5.32 Å². The number of halogens is 1. The summed E-state index contributed by atoms with van der Waals surface area (Å²) in [4.78, 5) is 16.9. The van der Waals surface area contributed by atoms with Gasteiger partial charge in [0, 0.05) is 31.3 Å². The van der Waals surface area contributed by atoms with Gasteiger partial charge in [0.2, 0.25) is 5.91 Å². The molecule has 0 bridgehead atoms. The normalized spacial score (nSPS) is 12.2. The monoisotopic (exact) mass is 355 g/mol. The fourth-order valence-corrected chi connectivity index (χ4v) is 3.13. The van der Waals surface area contributed by atoms with E-state index < -0.39 is 0 Å². The first-order chi connectivity index (χ1) is 12.2. The van der Waals surface area contributed by atoms with Crippen molar-refractivity contribution in [1.29, 1.82) is 0 Å². The maximum atomic E-state index is 12.4. The summed E-state index contributed by atoms with van der Waals surface area (Å²) in [5.74, 6) is -0.0180. The van der Waals surface area contributed by atoms with E-state index >= 15 is 0 Å². The van der Waals surface area contributed by atoms with Gasteiger partial charge in [-0.15, -0.1) is 0 Å². The summed E-state index contributed by atoms with van der Waals surface area (Å²) in [5, 5.41) is 3.65. The minimum absolute atomic E-state index is 0.0549. The molecular weight excluding hydrogens is 334 g/mol. The number of nitrogens with zero attached hydrogens (tertiary/aromatic N) is 2. The molecule has 0 fully saturated rings. The smallest absolute Gasteiger partial charge is 0.221 e. The van der Waals surface area contributed by atoms with Crippen molar-refractivity contribution in [3.8, 4) is 0 Å². The molecule has 0 aliphatic rings. The molecule has 5 heteroatoms. The summed E-state index contributed by atoms with van der Waals surface area (Å²) in [7, 11) is 0. The van der Waals surface area contributed by atoms with Crippen molar-refractivity contribution in [2.75, 3.05) is 6.54 Å². The lowest BCUT2D eigenvalue weighted by atomic mass is 9.92. The number of aromatic nitrogens is 2. The topological polar surface area (TPSA) is 46.4 Å². The van der Waals surface area contributed by atoms with Crippen LogP contribution in [0.5, 0.6) is 0 Å². The zero-order valence-corrected chi connectivity index (χ0v) is 15.0. The molecule has 2 aromatic heterocycles. The number of carbonyl (C=O) groups excluding carboxylic acids is 1. The van der Waals surface area contributed by atoms with Gasteiger partial charge in [0.1, 0.15) is 5.65 Å². The van der Waals surface area contributed by atoms with Crippen LogP contribution >= 0.6 is 11.6 Å². The number of hydrogen-bond donors (Lipinski definition) is 1. The molecule has 1 amide bonds. The van der Waals surface area contributed by atoms with Crippen molar-refractivity contribution in [2.24, 2.45) is 0 Å². The van der Waals surface area contributed by atoms with Gasteiger partial charge in [0.15, 0.2) is 0 Å². The Morgan fingerprint density at radius 2 is 2.04 bits per heavy atom. The van der Waals surface area contributed by atoms with Gasteiger partial charge >= 0.3 is 0 Å². The summed E-state index contributed by atoms with van der Waals surface area (Å²) in [6.07, 6.45) is 6.13. The molecule has 25 heavy (non-hydrogen) atoms. The highest BCUT2D eigenvalue weighted by Crippen LogP contribution is 2.29. The van der Waals surface area contributed by atoms with Gasteiger partial charge in [0.05, 0.1) is 10.7 Å². The minimum atomic E-state index is -0.0729. The highest BCUT2D eigenvalue weighted by molar-refractivity contribution is 6.30. The van der Waals surface area contributed by atoms with Crippen LogP contribution in [0.3, 0.4) is 0 Å². The Morgan fingerprint density at radius 1 is 1.24 bits per heavy atom. The molecular formula is C20H22ClN3O. The van der Waals surface area contributed by atoms with E-state index in [2.05, 4.69) is 17.2 Å². The van der Waals surface area contributed by atoms with Gasteiger partial charge in [-0.3, -0.25) is 4.79 Å². The van der Waals surface area contributed by atoms with Crippen molar-refractivity contribution in [3.63, 3.8) is 0 Å². The highest BCUT2D eigenvalue weighted by atomic mass is 35.5. The summed E-state index contributed by atoms with van der Waals surface area (Å²) in [5.41, 5.74) is 2.89. The maximum absolute atomic E-state index is 12.4. The second kappa shape index (κ2) is 8.17. The van der Waals surface area contributed by atoms with Crippen LogP contribution in [0.2, 0.25) is 5.02 Å². The third-order valence-corrected chi connectivity index (χ3v) is 4.52. The standard InChI is InChI=1S/C20H22ClN3O/c1-2-3-11-22-20(25)12-17(15-7-5-4-6-8-15)18-13-23-19-10-9-16(21)14-24(18)19/h4-10,13-14,17H,2-3,11-12H2,1H3,(H,22,25). The van der Waals surface area contributed by atoms with Crippen LogP contribution in [-0.2, 0) is 4.79 Å². The molecule has 1 aromatic carbocycles. The first-order valence-electron chi connectivity index (χ1n) is 8.63. The van der Waals surface area contributed by atoms with E-state index in [4.69, 9.17) is 11.6 Å². The van der Waals surface area contributed by atoms with Gasteiger partial charge in [-0.25, -0.2) is 4.98 Å². The fraction of sp³-hybridized carbons (Fsp3) is 0.300. The minimum Gasteiger partial charge on any atom is -0.356 e. The van der Waals surface area contributed by atoms with E-state index in [9.17, 15) is 4.79 Å². The van der Waals surface area contributed by atoms with Crippen LogP contribution in [0.25, 0.3) is 5.65 Å². The Balaban J connectivity index is 1.93. The molecule has 0 aliphatic heterocycles. The van der Waals surface area contributed by atoms with Crippen molar-refractivity contribution in [2.45, 2.75) is 32.1 Å². The average Bonchev–Trinajstić information content (AvgIpc) is 3.03. The highest BCUT2D eigenvalue weighted by Gasteiger charge is 2.21. The molecule has 0 saturated carbocycles. The van der Waals surface area contributed by atoms with Gasteiger partial charge in [-0.2, -0.15) is 0 Å². The van der Waals surface area contributed by atoms with Crippen molar-refractivity contribution in [1.82, 2.24) is 14.7 Å². The van der Waals surface area contributed by atoms with Gasteiger partial charge in [0.25, 0.3) is 0 Å². The van der Waals surface area contributed by atoms with Crippen LogP contribution in [0.1, 0.15) is 43.4 Å². The van der Waals surface area contributed by atoms with E-state index in [1.165, 1.54) is 0 Å². The molecule has 0 radical (unpaired) electrons. The number of benzene rings is 1. The number of unbranched alkanes of at least 4 members (excludes halogenated alkanes) is 1. The lowest BCUT2D eigenvalue weighted by Gasteiger charge is -2.17. The van der Waals surface area contributed by atoms with E-state index in [1.807, 2.05) is 59.3 Å². The third kappa shape index (κ3) is 4.20. The average molecular weight is 356 g/mol. The predicted molar refractivity (Wildman–Crippen MR) is 101 cm³/mol. The van der Waals surface area contributed by atoms with Crippen molar-refractivity contribution < 1.29 is 4.79 Å². The third-order valence-electron chi connectivity index (χ3n) is 4.30. The molecule has 3 rings (SSSR count). The van der Waals surface area contributed by atoms with Gasteiger partial charge in [-0.05, 0) is 24.1 Å². The molecule has 130 valence electrons. The molecule has 0 saturated heterocycles. The van der Waals surface area contributed by atoms with Crippen molar-refractivity contribution >= 4 is 23.2 Å². The van der Waals surface area contributed by atoms with E-state index in [0.717, 1.165) is 36.3 Å². The van der Waals surface area contributed by atoms with Crippen LogP contribution in [0, 0.1) is 0 Å². The number of nitrogens with one attached hydrogen (secondary N) is 1. The lowest BCUT2D eigenvalue weighted by Crippen LogP contribution is -2.26. The Kier molecular flexibility index (Phi) is 5.71. The molecule has 1 unspecified atom stereocenters. The SMILES string of the molecule is CCCCNC(=O)CC(c1ccccc1)c1cnc2ccc(Cl)cn12. The number of imidazole rings is 1. The van der Waals surface area contributed by atoms with E-state index in [0.29, 0.717) is 11.4 Å². The maximum Gasteiger partial charge on any atom is 0.221 e. The second-order valence-corrected chi connectivity index (χ2v) is 6.57. The lowest BCUT2D eigenvalue weighted by molar-refractivity contribution is -0.121. The van der Waals surface area contributed by atoms with E-state index in [1.54, 1.807) is 0 Å². The largest absolute Gasteiger partial charge is 0.356 e. The van der Waals surface area contributed by atoms with Gasteiger partial charge in [-0.1, -0.05) is 55.3 Å². The number of hydrogen-bond acceptors (Lipinski definition) is 2. The molecule has 0 spiro atoms. The Labute approximate surface area is 152 Å². The molecule has 1 N–H and O–H groups in total. The Bertz CT molecular complexity index is 845. The van der Waals surface area contributed by atoms with Crippen LogP contribution in [0.4, 0.5) is 0 Å². The fourth-order valence-electron chi connectivity index (χ4n) is 2.97.